The molecule has 0 bridgehead atoms. The molecule has 0 unspecified atom stereocenters. The van der Waals surface area contributed by atoms with E-state index in [-0.39, 0.29) is 11.8 Å². The van der Waals surface area contributed by atoms with Gasteiger partial charge in [-0.1, -0.05) is 35.3 Å². The largest absolute Gasteiger partial charge is 0.457 e. The third-order valence-electron chi connectivity index (χ3n) is 4.63. The molecule has 7 heteroatoms. The van der Waals surface area contributed by atoms with Crippen molar-refractivity contribution in [2.24, 2.45) is 0 Å². The van der Waals surface area contributed by atoms with Crippen LogP contribution in [0.25, 0.3) is 0 Å². The van der Waals surface area contributed by atoms with Gasteiger partial charge in [-0.25, -0.2) is 0 Å². The van der Waals surface area contributed by atoms with Gasteiger partial charge in [0.15, 0.2) is 0 Å². The van der Waals surface area contributed by atoms with Crippen molar-refractivity contribution in [1.82, 2.24) is 0 Å². The van der Waals surface area contributed by atoms with E-state index in [0.717, 1.165) is 0 Å². The van der Waals surface area contributed by atoms with Crippen LogP contribution in [0.15, 0.2) is 97.1 Å². The predicted molar refractivity (Wildman–Crippen MR) is 132 cm³/mol. The first-order valence-corrected chi connectivity index (χ1v) is 10.7. The minimum Gasteiger partial charge on any atom is -0.457 e. The van der Waals surface area contributed by atoms with Gasteiger partial charge in [0, 0.05) is 32.5 Å². The third-order valence-corrected chi connectivity index (χ3v) is 5.10. The summed E-state index contributed by atoms with van der Waals surface area (Å²) < 4.78 is 5.82. The molecule has 0 atom stereocenters. The van der Waals surface area contributed by atoms with Crippen LogP contribution < -0.4 is 15.4 Å². The molecule has 5 nitrogen and oxygen atoms in total. The quantitative estimate of drug-likeness (QED) is 0.307. The fourth-order valence-corrected chi connectivity index (χ4v) is 3.40. The summed E-state index contributed by atoms with van der Waals surface area (Å²) >= 11 is 11.9. The summed E-state index contributed by atoms with van der Waals surface area (Å²) in [6.07, 6.45) is 0. The second-order valence-corrected chi connectivity index (χ2v) is 7.95. The highest BCUT2D eigenvalue weighted by atomic mass is 35.5. The first-order valence-electron chi connectivity index (χ1n) is 9.98. The van der Waals surface area contributed by atoms with Gasteiger partial charge in [-0.05, 0) is 84.9 Å². The molecule has 0 fully saturated rings. The third kappa shape index (κ3) is 6.13. The number of benzene rings is 4. The van der Waals surface area contributed by atoms with E-state index >= 15 is 0 Å². The molecule has 2 amide bonds. The summed E-state index contributed by atoms with van der Waals surface area (Å²) in [5.74, 6) is 0.619. The molecular weight excluding hydrogens is 459 g/mol. The van der Waals surface area contributed by atoms with Gasteiger partial charge in [0.05, 0.1) is 0 Å². The van der Waals surface area contributed by atoms with Crippen LogP contribution in [0.1, 0.15) is 20.7 Å². The van der Waals surface area contributed by atoms with Gasteiger partial charge in [0.25, 0.3) is 11.8 Å². The molecule has 2 N–H and O–H groups in total. The zero-order valence-corrected chi connectivity index (χ0v) is 18.7. The number of rotatable bonds is 6. The summed E-state index contributed by atoms with van der Waals surface area (Å²) in [5.41, 5.74) is 2.20. The molecule has 164 valence electrons. The monoisotopic (exact) mass is 476 g/mol. The average Bonchev–Trinajstić information content (AvgIpc) is 2.80. The van der Waals surface area contributed by atoms with E-state index < -0.39 is 0 Å². The second kappa shape index (κ2) is 10.2. The van der Waals surface area contributed by atoms with Crippen LogP contribution in [0.2, 0.25) is 10.0 Å². The van der Waals surface area contributed by atoms with Gasteiger partial charge < -0.3 is 15.4 Å². The molecule has 0 saturated carbocycles. The van der Waals surface area contributed by atoms with Crippen LogP contribution >= 0.6 is 23.2 Å². The van der Waals surface area contributed by atoms with E-state index in [1.807, 2.05) is 0 Å². The molecule has 4 aromatic rings. The summed E-state index contributed by atoms with van der Waals surface area (Å²) in [6.45, 7) is 0. The molecule has 0 radical (unpaired) electrons. The van der Waals surface area contributed by atoms with Crippen molar-refractivity contribution >= 4 is 46.4 Å². The normalized spacial score (nSPS) is 10.4. The van der Waals surface area contributed by atoms with Gasteiger partial charge in [-0.2, -0.15) is 0 Å². The van der Waals surface area contributed by atoms with Crippen molar-refractivity contribution < 1.29 is 14.3 Å². The van der Waals surface area contributed by atoms with Crippen molar-refractivity contribution in [2.75, 3.05) is 10.6 Å². The SMILES string of the molecule is O=C(Nc1cccc(Cl)c1)c1ccc(Oc2ccc(C(=O)Nc3cccc(Cl)c3)cc2)cc1. The summed E-state index contributed by atoms with van der Waals surface area (Å²) in [4.78, 5) is 24.8. The molecule has 0 spiro atoms. The van der Waals surface area contributed by atoms with E-state index in [1.54, 1.807) is 97.1 Å². The van der Waals surface area contributed by atoms with Crippen molar-refractivity contribution in [3.8, 4) is 11.5 Å². The summed E-state index contributed by atoms with van der Waals surface area (Å²) in [7, 11) is 0. The lowest BCUT2D eigenvalue weighted by Gasteiger charge is -2.09. The topological polar surface area (TPSA) is 67.4 Å². The zero-order chi connectivity index (χ0) is 23.2. The molecule has 0 aliphatic carbocycles. The smallest absolute Gasteiger partial charge is 0.255 e. The Labute approximate surface area is 200 Å². The zero-order valence-electron chi connectivity index (χ0n) is 17.2. The number of nitrogens with one attached hydrogen (secondary N) is 2. The molecule has 0 aliphatic heterocycles. The van der Waals surface area contributed by atoms with Gasteiger partial charge in [-0.15, -0.1) is 0 Å². The number of ether oxygens (including phenoxy) is 1. The Morgan fingerprint density at radius 2 is 0.970 bits per heavy atom. The highest BCUT2D eigenvalue weighted by Crippen LogP contribution is 2.23. The van der Waals surface area contributed by atoms with E-state index in [0.29, 0.717) is 44.0 Å². The first-order chi connectivity index (χ1) is 16.0. The molecule has 4 aromatic carbocycles. The Morgan fingerprint density at radius 1 is 0.576 bits per heavy atom. The fraction of sp³-hybridized carbons (Fsp3) is 0. The van der Waals surface area contributed by atoms with Crippen LogP contribution in [0.4, 0.5) is 11.4 Å². The molecule has 0 aliphatic rings. The van der Waals surface area contributed by atoms with Gasteiger partial charge in [0.1, 0.15) is 11.5 Å². The van der Waals surface area contributed by atoms with Gasteiger partial charge >= 0.3 is 0 Å². The molecule has 0 saturated heterocycles. The number of carbonyl (C=O) groups excluding carboxylic acids is 2. The lowest BCUT2D eigenvalue weighted by molar-refractivity contribution is 0.101. The summed E-state index contributed by atoms with van der Waals surface area (Å²) in [5, 5.41) is 6.68. The van der Waals surface area contributed by atoms with E-state index in [9.17, 15) is 9.59 Å². The number of halogens is 2. The van der Waals surface area contributed by atoms with Crippen LogP contribution in [-0.2, 0) is 0 Å². The van der Waals surface area contributed by atoms with Crippen LogP contribution in [0.5, 0.6) is 11.5 Å². The Morgan fingerprint density at radius 3 is 1.33 bits per heavy atom. The first kappa shape index (κ1) is 22.4. The molecule has 0 heterocycles. The number of hydrogen-bond acceptors (Lipinski definition) is 3. The predicted octanol–water partition coefficient (Wildman–Crippen LogP) is 7.29. The van der Waals surface area contributed by atoms with Crippen molar-refractivity contribution in [3.63, 3.8) is 0 Å². The maximum Gasteiger partial charge on any atom is 0.255 e. The standard InChI is InChI=1S/C26H18Cl2N2O3/c27-19-3-1-5-21(15-19)29-25(31)17-7-11-23(12-8-17)33-24-13-9-18(10-14-24)26(32)30-22-6-2-4-20(28)16-22/h1-16H,(H,29,31)(H,30,32). The lowest BCUT2D eigenvalue weighted by atomic mass is 10.2. The molecule has 0 aromatic heterocycles. The Bertz CT molecular complexity index is 1190. The van der Waals surface area contributed by atoms with Crippen LogP contribution in [-0.4, -0.2) is 11.8 Å². The Hall–Kier alpha value is -3.80. The number of anilines is 2. The van der Waals surface area contributed by atoms with Crippen molar-refractivity contribution in [1.29, 1.82) is 0 Å². The van der Waals surface area contributed by atoms with E-state index in [4.69, 9.17) is 27.9 Å². The maximum absolute atomic E-state index is 12.4. The second-order valence-electron chi connectivity index (χ2n) is 7.08. The highest BCUT2D eigenvalue weighted by Gasteiger charge is 2.09. The van der Waals surface area contributed by atoms with E-state index in [2.05, 4.69) is 10.6 Å². The van der Waals surface area contributed by atoms with Crippen LogP contribution in [0, 0.1) is 0 Å². The molecule has 4 rings (SSSR count). The lowest BCUT2D eigenvalue weighted by Crippen LogP contribution is -2.11. The maximum atomic E-state index is 12.4. The van der Waals surface area contributed by atoms with Crippen LogP contribution in [0.3, 0.4) is 0 Å². The van der Waals surface area contributed by atoms with Crippen molar-refractivity contribution in [2.45, 2.75) is 0 Å². The fourth-order valence-electron chi connectivity index (χ4n) is 3.02. The highest BCUT2D eigenvalue weighted by molar-refractivity contribution is 6.31. The average molecular weight is 477 g/mol. The minimum absolute atomic E-state index is 0.251. The van der Waals surface area contributed by atoms with Crippen molar-refractivity contribution in [3.05, 3.63) is 118 Å². The van der Waals surface area contributed by atoms with Gasteiger partial charge in [-0.3, -0.25) is 9.59 Å². The molecule has 33 heavy (non-hydrogen) atoms. The molecular formula is C26H18Cl2N2O3. The van der Waals surface area contributed by atoms with Gasteiger partial charge in [0.2, 0.25) is 0 Å². The summed E-state index contributed by atoms with van der Waals surface area (Å²) in [6, 6.07) is 27.4. The van der Waals surface area contributed by atoms with E-state index in [1.165, 1.54) is 0 Å². The Kier molecular flexibility index (Phi) is 6.93. The minimum atomic E-state index is -0.251. The number of amides is 2. The Balaban J connectivity index is 1.36. The number of hydrogen-bond donors (Lipinski definition) is 2. The number of carbonyl (C=O) groups is 2.